The highest BCUT2D eigenvalue weighted by molar-refractivity contribution is 8.00. The van der Waals surface area contributed by atoms with Gasteiger partial charge in [-0.1, -0.05) is 5.16 Å². The molecule has 0 bridgehead atoms. The maximum Gasteiger partial charge on any atom is 0.352 e. The number of carboxylic acid groups (broad SMARTS) is 2. The van der Waals surface area contributed by atoms with Crippen LogP contribution in [-0.2, 0) is 38.3 Å². The van der Waals surface area contributed by atoms with Crippen molar-refractivity contribution in [2.45, 2.75) is 24.8 Å². The molecule has 0 aromatic carbocycles. The van der Waals surface area contributed by atoms with Crippen molar-refractivity contribution in [3.8, 4) is 0 Å². The average Bonchev–Trinajstić information content (AvgIpc) is 3.22. The van der Waals surface area contributed by atoms with Gasteiger partial charge in [-0.3, -0.25) is 24.1 Å². The lowest BCUT2D eigenvalue weighted by Gasteiger charge is -2.49. The fourth-order valence-electron chi connectivity index (χ4n) is 3.09. The molecule has 0 radical (unpaired) electrons. The summed E-state index contributed by atoms with van der Waals surface area (Å²) in [4.78, 5) is 80.2. The largest absolute Gasteiger partial charge is 0.479 e. The van der Waals surface area contributed by atoms with E-state index >= 15 is 0 Å². The topological polar surface area (TPSA) is 241 Å². The third-order valence-corrected chi connectivity index (χ3v) is 6.43. The van der Waals surface area contributed by atoms with Crippen molar-refractivity contribution >= 4 is 69.6 Å². The molecular formula is C18H18N6O10S2. The lowest BCUT2D eigenvalue weighted by atomic mass is 10.0. The van der Waals surface area contributed by atoms with Crippen LogP contribution in [0.1, 0.15) is 19.2 Å². The van der Waals surface area contributed by atoms with Crippen molar-refractivity contribution in [3.63, 3.8) is 0 Å². The summed E-state index contributed by atoms with van der Waals surface area (Å²) in [5.41, 5.74) is 4.73. The maximum atomic E-state index is 12.8. The van der Waals surface area contributed by atoms with E-state index in [-0.39, 0.29) is 22.3 Å². The van der Waals surface area contributed by atoms with Crippen LogP contribution in [0.25, 0.3) is 0 Å². The number of thioether (sulfide) groups is 1. The van der Waals surface area contributed by atoms with Crippen molar-refractivity contribution in [2.75, 3.05) is 24.7 Å². The van der Waals surface area contributed by atoms with E-state index in [1.54, 1.807) is 0 Å². The minimum absolute atomic E-state index is 0.00904. The van der Waals surface area contributed by atoms with Gasteiger partial charge in [0.1, 0.15) is 35.9 Å². The summed E-state index contributed by atoms with van der Waals surface area (Å²) in [6.45, 7) is -0.0915. The highest BCUT2D eigenvalue weighted by Crippen LogP contribution is 2.40. The van der Waals surface area contributed by atoms with Gasteiger partial charge in [0, 0.05) is 22.9 Å². The number of hydrogen-bond acceptors (Lipinski definition) is 14. The van der Waals surface area contributed by atoms with Crippen LogP contribution in [0, 0.1) is 0 Å². The number of nitrogens with zero attached hydrogens (tertiary/aromatic N) is 4. The molecule has 2 atom stereocenters. The molecule has 0 aliphatic carbocycles. The number of rotatable bonds is 11. The Balaban J connectivity index is 1.74. The minimum atomic E-state index is -1.44. The molecule has 5 N–H and O–H groups in total. The Labute approximate surface area is 209 Å². The molecule has 0 spiro atoms. The Morgan fingerprint density at radius 1 is 1.28 bits per heavy atom. The number of oxime groups is 1. The fourth-order valence-corrected chi connectivity index (χ4v) is 4.85. The van der Waals surface area contributed by atoms with E-state index in [2.05, 4.69) is 24.7 Å². The molecule has 16 nitrogen and oxygen atoms in total. The Bertz CT molecular complexity index is 1190. The van der Waals surface area contributed by atoms with Gasteiger partial charge in [-0.2, -0.15) is 9.36 Å². The second kappa shape index (κ2) is 11.1. The number of β-lactam (4-membered cyclic amide) rings is 1. The van der Waals surface area contributed by atoms with Crippen molar-refractivity contribution in [3.05, 3.63) is 17.1 Å². The first-order valence-electron chi connectivity index (χ1n) is 9.86. The smallest absolute Gasteiger partial charge is 0.352 e. The molecule has 0 unspecified atom stereocenters. The molecule has 2 amide bonds. The summed E-state index contributed by atoms with van der Waals surface area (Å²) in [6.07, 6.45) is -0.470. The number of anilines is 1. The van der Waals surface area contributed by atoms with Gasteiger partial charge in [-0.25, -0.2) is 9.59 Å². The molecular weight excluding hydrogens is 524 g/mol. The van der Waals surface area contributed by atoms with Crippen LogP contribution in [0.3, 0.4) is 0 Å². The van der Waals surface area contributed by atoms with Gasteiger partial charge < -0.3 is 30.8 Å². The van der Waals surface area contributed by atoms with E-state index in [1.165, 1.54) is 6.92 Å². The number of esters is 1. The van der Waals surface area contributed by atoms with Crippen LogP contribution in [0.15, 0.2) is 16.4 Å². The van der Waals surface area contributed by atoms with Crippen molar-refractivity contribution in [1.29, 1.82) is 0 Å². The lowest BCUT2D eigenvalue weighted by molar-refractivity contribution is -0.150. The number of nitrogens with one attached hydrogen (secondary N) is 1. The SMILES string of the molecule is CC(=O)CC(=O)OCC1=C(C(=O)O)N2C(=O)[C@@H](NC(=O)/C(=N\OCC(=O)O)c3nsc(N)n3)[C@H]2SC1. The van der Waals surface area contributed by atoms with E-state index < -0.39 is 78.0 Å². The number of aromatic nitrogens is 2. The fraction of sp³-hybridized carbons (Fsp3) is 0.389. The van der Waals surface area contributed by atoms with Gasteiger partial charge in [-0.15, -0.1) is 11.8 Å². The molecule has 18 heteroatoms. The zero-order chi connectivity index (χ0) is 26.6. The van der Waals surface area contributed by atoms with Crippen LogP contribution in [-0.4, -0.2) is 96.1 Å². The zero-order valence-corrected chi connectivity index (χ0v) is 20.0. The number of hydrogen-bond donors (Lipinski definition) is 4. The summed E-state index contributed by atoms with van der Waals surface area (Å²) in [6, 6.07) is -1.17. The van der Waals surface area contributed by atoms with Crippen molar-refractivity contribution in [2.24, 2.45) is 5.16 Å². The van der Waals surface area contributed by atoms with Crippen molar-refractivity contribution < 1.29 is 48.6 Å². The predicted octanol–water partition coefficient (Wildman–Crippen LogP) is -1.81. The Morgan fingerprint density at radius 3 is 2.58 bits per heavy atom. The van der Waals surface area contributed by atoms with Gasteiger partial charge in [0.15, 0.2) is 5.13 Å². The van der Waals surface area contributed by atoms with Crippen LogP contribution < -0.4 is 11.1 Å². The normalized spacial score (nSPS) is 19.2. The number of nitrogen functional groups attached to an aromatic ring is 1. The number of Topliss-reactive ketones (excluding diaryl/α,β-unsaturated/α-hetero) is 1. The quantitative estimate of drug-likeness (QED) is 0.0792. The zero-order valence-electron chi connectivity index (χ0n) is 18.3. The van der Waals surface area contributed by atoms with E-state index in [0.717, 1.165) is 28.2 Å². The second-order valence-corrected chi connectivity index (χ2v) is 9.11. The molecule has 2 aliphatic heterocycles. The lowest BCUT2D eigenvalue weighted by Crippen LogP contribution is -2.71. The van der Waals surface area contributed by atoms with E-state index in [9.17, 15) is 33.9 Å². The molecule has 192 valence electrons. The van der Waals surface area contributed by atoms with Gasteiger partial charge >= 0.3 is 17.9 Å². The summed E-state index contributed by atoms with van der Waals surface area (Å²) < 4.78 is 8.77. The Morgan fingerprint density at radius 2 is 2.00 bits per heavy atom. The first kappa shape index (κ1) is 26.5. The Hall–Kier alpha value is -4.06. The molecule has 1 aromatic heterocycles. The maximum absolute atomic E-state index is 12.8. The third kappa shape index (κ3) is 5.95. The average molecular weight is 543 g/mol. The Kier molecular flexibility index (Phi) is 8.20. The highest BCUT2D eigenvalue weighted by Gasteiger charge is 2.54. The molecule has 36 heavy (non-hydrogen) atoms. The number of carboxylic acids is 2. The molecule has 1 fully saturated rings. The number of ketones is 1. The van der Waals surface area contributed by atoms with Crippen LogP contribution in [0.5, 0.6) is 0 Å². The molecule has 3 heterocycles. The number of nitrogens with two attached hydrogens (primary N) is 1. The summed E-state index contributed by atoms with van der Waals surface area (Å²) in [5, 5.41) is 23.4. The van der Waals surface area contributed by atoms with E-state index in [1.807, 2.05) is 0 Å². The molecule has 3 rings (SSSR count). The molecule has 1 aromatic rings. The van der Waals surface area contributed by atoms with E-state index in [4.69, 9.17) is 15.6 Å². The predicted molar refractivity (Wildman–Crippen MR) is 120 cm³/mol. The number of amides is 2. The molecule has 0 saturated carbocycles. The first-order chi connectivity index (χ1) is 17.0. The number of ether oxygens (including phenoxy) is 1. The number of fused-ring (bicyclic) bond motifs is 1. The van der Waals surface area contributed by atoms with Gasteiger partial charge in [0.05, 0.1) is 0 Å². The monoisotopic (exact) mass is 542 g/mol. The van der Waals surface area contributed by atoms with Crippen LogP contribution in [0.2, 0.25) is 0 Å². The van der Waals surface area contributed by atoms with Crippen LogP contribution >= 0.6 is 23.3 Å². The highest BCUT2D eigenvalue weighted by atomic mass is 32.2. The van der Waals surface area contributed by atoms with Gasteiger partial charge in [-0.05, 0) is 6.92 Å². The minimum Gasteiger partial charge on any atom is -0.479 e. The number of carbonyl (C=O) groups is 6. The summed E-state index contributed by atoms with van der Waals surface area (Å²) >= 11 is 1.85. The number of carbonyl (C=O) groups excluding carboxylic acids is 4. The summed E-state index contributed by atoms with van der Waals surface area (Å²) in [7, 11) is 0. The first-order valence-corrected chi connectivity index (χ1v) is 11.7. The van der Waals surface area contributed by atoms with Gasteiger partial charge in [0.2, 0.25) is 18.1 Å². The third-order valence-electron chi connectivity index (χ3n) is 4.55. The standard InChI is InChI=1S/C18H18N6O10S2/c1-6(25)2-9(28)33-3-7-5-35-16-11(15(30)24(16)12(7)17(31)32)20-14(29)10(22-34-4-8(26)27)13-21-18(19)36-23-13/h11,16H,2-5H2,1H3,(H,20,29)(H,26,27)(H,31,32)(H2,19,21,23)/b22-10-/t11-,16-/m1/s1. The summed E-state index contributed by atoms with van der Waals surface area (Å²) in [5.74, 6) is -6.01. The number of aliphatic carboxylic acids is 2. The van der Waals surface area contributed by atoms with Gasteiger partial charge in [0.25, 0.3) is 11.8 Å². The molecule has 2 aliphatic rings. The molecule has 1 saturated heterocycles. The second-order valence-electron chi connectivity index (χ2n) is 7.22. The van der Waals surface area contributed by atoms with Crippen LogP contribution in [0.4, 0.5) is 5.13 Å². The van der Waals surface area contributed by atoms with E-state index in [0.29, 0.717) is 0 Å². The van der Waals surface area contributed by atoms with Crippen molar-refractivity contribution in [1.82, 2.24) is 19.6 Å².